The molecule has 0 atom stereocenters. The highest BCUT2D eigenvalue weighted by atomic mass is 32.1. The van der Waals surface area contributed by atoms with Gasteiger partial charge in [0.2, 0.25) is 0 Å². The lowest BCUT2D eigenvalue weighted by atomic mass is 9.82. The number of hydrogen-bond acceptors (Lipinski definition) is 3. The van der Waals surface area contributed by atoms with Gasteiger partial charge in [0, 0.05) is 13.0 Å². The van der Waals surface area contributed by atoms with Crippen molar-refractivity contribution in [3.05, 3.63) is 11.4 Å². The van der Waals surface area contributed by atoms with E-state index in [1.807, 2.05) is 7.05 Å². The quantitative estimate of drug-likeness (QED) is 0.708. The molecule has 13 heavy (non-hydrogen) atoms. The molecule has 0 radical (unpaired) electrons. The van der Waals surface area contributed by atoms with Gasteiger partial charge in [0.05, 0.1) is 5.69 Å². The fraction of sp³-hybridized carbons (Fsp3) is 0.625. The van der Waals surface area contributed by atoms with Gasteiger partial charge in [-0.15, -0.1) is 5.10 Å². The average molecular weight is 196 g/mol. The third-order valence-electron chi connectivity index (χ3n) is 2.60. The van der Waals surface area contributed by atoms with E-state index in [0.29, 0.717) is 16.6 Å². The maximum atomic E-state index is 5.56. The molecule has 0 unspecified atom stereocenters. The fourth-order valence-corrected chi connectivity index (χ4v) is 1.82. The zero-order chi connectivity index (χ0) is 9.42. The first-order chi connectivity index (χ1) is 6.20. The average Bonchev–Trinajstić information content (AvgIpc) is 2.30. The smallest absolute Gasteiger partial charge is 0.143 e. The van der Waals surface area contributed by atoms with Crippen molar-refractivity contribution < 1.29 is 0 Å². The molecular formula is C8H12N4S. The van der Waals surface area contributed by atoms with Crippen molar-refractivity contribution in [1.82, 2.24) is 15.0 Å². The van der Waals surface area contributed by atoms with Crippen LogP contribution in [0.1, 0.15) is 36.6 Å². The summed E-state index contributed by atoms with van der Waals surface area (Å²) in [5.74, 6) is 0.566. The molecule has 5 heteroatoms. The minimum absolute atomic E-state index is 0.356. The monoisotopic (exact) mass is 196 g/mol. The lowest BCUT2D eigenvalue weighted by Gasteiger charge is -2.25. The van der Waals surface area contributed by atoms with E-state index in [9.17, 15) is 0 Å². The summed E-state index contributed by atoms with van der Waals surface area (Å²) in [5.41, 5.74) is 7.38. The van der Waals surface area contributed by atoms with Crippen molar-refractivity contribution in [3.8, 4) is 0 Å². The van der Waals surface area contributed by atoms with Crippen molar-refractivity contribution in [2.45, 2.75) is 25.2 Å². The van der Waals surface area contributed by atoms with Crippen LogP contribution in [0.4, 0.5) is 0 Å². The van der Waals surface area contributed by atoms with Crippen LogP contribution in [-0.4, -0.2) is 20.0 Å². The fourth-order valence-electron chi connectivity index (χ4n) is 1.68. The maximum Gasteiger partial charge on any atom is 0.143 e. The predicted molar refractivity (Wildman–Crippen MR) is 53.5 cm³/mol. The number of nitrogens with two attached hydrogens (primary N) is 1. The predicted octanol–water partition coefficient (Wildman–Crippen LogP) is 0.717. The summed E-state index contributed by atoms with van der Waals surface area (Å²) in [7, 11) is 1.89. The summed E-state index contributed by atoms with van der Waals surface area (Å²) in [6.07, 6.45) is 3.69. The number of rotatable bonds is 2. The molecule has 0 bridgehead atoms. The summed E-state index contributed by atoms with van der Waals surface area (Å²) in [6.45, 7) is 0. The Bertz CT molecular complexity index is 340. The maximum absolute atomic E-state index is 5.56. The highest BCUT2D eigenvalue weighted by Crippen LogP contribution is 2.36. The molecule has 0 saturated heterocycles. The van der Waals surface area contributed by atoms with Crippen LogP contribution in [0.2, 0.25) is 0 Å². The highest BCUT2D eigenvalue weighted by Gasteiger charge is 2.27. The lowest BCUT2D eigenvalue weighted by Crippen LogP contribution is -2.19. The van der Waals surface area contributed by atoms with Crippen LogP contribution < -0.4 is 5.73 Å². The first-order valence-electron chi connectivity index (χ1n) is 4.39. The molecular weight excluding hydrogens is 184 g/mol. The first-order valence-corrected chi connectivity index (χ1v) is 4.80. The third-order valence-corrected chi connectivity index (χ3v) is 2.79. The Balaban J connectivity index is 2.39. The molecule has 1 fully saturated rings. The summed E-state index contributed by atoms with van der Waals surface area (Å²) >= 11 is 4.92. The lowest BCUT2D eigenvalue weighted by molar-refractivity contribution is 0.396. The largest absolute Gasteiger partial charge is 0.388 e. The Morgan fingerprint density at radius 2 is 2.31 bits per heavy atom. The Kier molecular flexibility index (Phi) is 2.03. The van der Waals surface area contributed by atoms with Crippen LogP contribution in [0.25, 0.3) is 0 Å². The number of thiocarbonyl (C=S) groups is 1. The van der Waals surface area contributed by atoms with Gasteiger partial charge in [0.1, 0.15) is 10.7 Å². The molecule has 4 nitrogen and oxygen atoms in total. The summed E-state index contributed by atoms with van der Waals surface area (Å²) in [5, 5.41) is 7.90. The van der Waals surface area contributed by atoms with Crippen molar-refractivity contribution in [2.75, 3.05) is 0 Å². The van der Waals surface area contributed by atoms with Crippen LogP contribution in [0.5, 0.6) is 0 Å². The number of hydrogen-bond donors (Lipinski definition) is 1. The van der Waals surface area contributed by atoms with Crippen molar-refractivity contribution >= 4 is 17.2 Å². The summed E-state index contributed by atoms with van der Waals surface area (Å²) < 4.78 is 1.79. The Hall–Kier alpha value is -0.970. The van der Waals surface area contributed by atoms with Gasteiger partial charge in [0.15, 0.2) is 0 Å². The number of nitrogens with zero attached hydrogens (tertiary/aromatic N) is 3. The second-order valence-electron chi connectivity index (χ2n) is 3.44. The van der Waals surface area contributed by atoms with E-state index in [1.54, 1.807) is 4.68 Å². The highest BCUT2D eigenvalue weighted by molar-refractivity contribution is 7.80. The third kappa shape index (κ3) is 1.33. The van der Waals surface area contributed by atoms with Crippen molar-refractivity contribution in [3.63, 3.8) is 0 Å². The molecule has 1 heterocycles. The first kappa shape index (κ1) is 8.62. The Morgan fingerprint density at radius 1 is 1.62 bits per heavy atom. The van der Waals surface area contributed by atoms with E-state index in [0.717, 1.165) is 5.69 Å². The molecule has 1 aromatic rings. The van der Waals surface area contributed by atoms with Crippen LogP contribution in [0.15, 0.2) is 0 Å². The Labute approximate surface area is 82.1 Å². The molecule has 2 rings (SSSR count). The zero-order valence-corrected chi connectivity index (χ0v) is 8.34. The van der Waals surface area contributed by atoms with E-state index >= 15 is 0 Å². The molecule has 70 valence electrons. The van der Waals surface area contributed by atoms with Crippen molar-refractivity contribution in [2.24, 2.45) is 12.8 Å². The minimum atomic E-state index is 0.356. The molecule has 1 aliphatic rings. The normalized spacial score (nSPS) is 17.0. The summed E-state index contributed by atoms with van der Waals surface area (Å²) in [4.78, 5) is 0.356. The number of aryl methyl sites for hydroxylation is 1. The van der Waals surface area contributed by atoms with Gasteiger partial charge in [-0.25, -0.2) is 0 Å². The summed E-state index contributed by atoms with van der Waals surface area (Å²) in [6, 6.07) is 0. The second kappa shape index (κ2) is 3.06. The molecule has 0 aromatic carbocycles. The SMILES string of the molecule is Cn1nnc(C(N)=S)c1C1CCC1. The van der Waals surface area contributed by atoms with E-state index in [4.69, 9.17) is 18.0 Å². The van der Waals surface area contributed by atoms with Gasteiger partial charge in [0.25, 0.3) is 0 Å². The van der Waals surface area contributed by atoms with Gasteiger partial charge in [-0.2, -0.15) is 0 Å². The molecule has 1 aliphatic carbocycles. The van der Waals surface area contributed by atoms with E-state index in [1.165, 1.54) is 19.3 Å². The standard InChI is InChI=1S/C8H12N4S/c1-12-7(5-3-2-4-5)6(8(9)13)10-11-12/h5H,2-4H2,1H3,(H2,9,13). The molecule has 0 aliphatic heterocycles. The minimum Gasteiger partial charge on any atom is -0.388 e. The molecule has 1 saturated carbocycles. The van der Waals surface area contributed by atoms with Crippen LogP contribution in [0, 0.1) is 0 Å². The van der Waals surface area contributed by atoms with E-state index in [-0.39, 0.29) is 0 Å². The molecule has 1 aromatic heterocycles. The molecule has 0 spiro atoms. The van der Waals surface area contributed by atoms with Gasteiger partial charge in [-0.1, -0.05) is 23.9 Å². The zero-order valence-electron chi connectivity index (χ0n) is 7.53. The second-order valence-corrected chi connectivity index (χ2v) is 3.88. The molecule has 2 N–H and O–H groups in total. The van der Waals surface area contributed by atoms with E-state index in [2.05, 4.69) is 10.3 Å². The van der Waals surface area contributed by atoms with Crippen LogP contribution >= 0.6 is 12.2 Å². The number of aromatic nitrogens is 3. The van der Waals surface area contributed by atoms with Gasteiger partial charge in [-0.3, -0.25) is 4.68 Å². The van der Waals surface area contributed by atoms with E-state index < -0.39 is 0 Å². The van der Waals surface area contributed by atoms with Crippen LogP contribution in [-0.2, 0) is 7.05 Å². The van der Waals surface area contributed by atoms with Gasteiger partial charge >= 0.3 is 0 Å². The molecule has 0 amide bonds. The Morgan fingerprint density at radius 3 is 2.77 bits per heavy atom. The van der Waals surface area contributed by atoms with Crippen molar-refractivity contribution in [1.29, 1.82) is 0 Å². The van der Waals surface area contributed by atoms with Gasteiger partial charge in [-0.05, 0) is 12.8 Å². The van der Waals surface area contributed by atoms with Gasteiger partial charge < -0.3 is 5.73 Å². The topological polar surface area (TPSA) is 56.7 Å². The van der Waals surface area contributed by atoms with Crippen LogP contribution in [0.3, 0.4) is 0 Å².